The van der Waals surface area contributed by atoms with Crippen molar-refractivity contribution in [1.82, 2.24) is 5.32 Å². The first-order chi connectivity index (χ1) is 6.68. The Hall–Kier alpha value is -0.860. The lowest BCUT2D eigenvalue weighted by Crippen LogP contribution is -2.17. The van der Waals surface area contributed by atoms with Gasteiger partial charge >= 0.3 is 0 Å². The molecule has 1 fully saturated rings. The molecule has 2 rings (SSSR count). The minimum atomic E-state index is -0.137. The highest BCUT2D eigenvalue weighted by atomic mass is 35.5. The molecule has 0 bridgehead atoms. The molecule has 0 amide bonds. The first-order valence-corrected chi connectivity index (χ1v) is 5.09. The van der Waals surface area contributed by atoms with Crippen molar-refractivity contribution >= 4 is 17.4 Å². The number of Topliss-reactive ketones (excluding diaryl/α,β-unsaturated/α-hetero) is 1. The summed E-state index contributed by atoms with van der Waals surface area (Å²) in [6.07, 6.45) is 0. The Morgan fingerprint density at radius 1 is 1.36 bits per heavy atom. The van der Waals surface area contributed by atoms with Crippen molar-refractivity contribution in [2.24, 2.45) is 5.92 Å². The number of halogens is 1. The van der Waals surface area contributed by atoms with Crippen molar-refractivity contribution < 1.29 is 4.79 Å². The molecule has 1 aliphatic rings. The van der Waals surface area contributed by atoms with Crippen molar-refractivity contribution in [3.05, 3.63) is 34.9 Å². The van der Waals surface area contributed by atoms with Gasteiger partial charge in [0.2, 0.25) is 0 Å². The third-order valence-corrected chi connectivity index (χ3v) is 2.85. The standard InChI is InChI=1S/C11H12ClNO/c1-7-6-13-10(11(7)14)8-2-4-9(12)5-3-8/h2-5,7,10,13H,6H2,1H3. The number of carbonyl (C=O) groups excluding carboxylic acids is 1. The Morgan fingerprint density at radius 3 is 2.50 bits per heavy atom. The Labute approximate surface area is 88.3 Å². The van der Waals surface area contributed by atoms with E-state index in [0.717, 1.165) is 12.1 Å². The molecule has 2 unspecified atom stereocenters. The number of rotatable bonds is 1. The van der Waals surface area contributed by atoms with Gasteiger partial charge in [0.05, 0.1) is 6.04 Å². The summed E-state index contributed by atoms with van der Waals surface area (Å²) < 4.78 is 0. The van der Waals surface area contributed by atoms with Crippen LogP contribution in [0.25, 0.3) is 0 Å². The molecule has 0 spiro atoms. The average Bonchev–Trinajstić information content (AvgIpc) is 2.50. The maximum Gasteiger partial charge on any atom is 0.158 e. The highest BCUT2D eigenvalue weighted by Crippen LogP contribution is 2.24. The minimum absolute atomic E-state index is 0.121. The largest absolute Gasteiger partial charge is 0.303 e. The smallest absolute Gasteiger partial charge is 0.158 e. The molecule has 3 heteroatoms. The molecule has 74 valence electrons. The summed E-state index contributed by atoms with van der Waals surface area (Å²) in [4.78, 5) is 11.7. The lowest BCUT2D eigenvalue weighted by Gasteiger charge is -2.08. The van der Waals surface area contributed by atoms with Gasteiger partial charge in [-0.15, -0.1) is 0 Å². The van der Waals surface area contributed by atoms with E-state index in [2.05, 4.69) is 5.32 Å². The maximum absolute atomic E-state index is 11.7. The lowest BCUT2D eigenvalue weighted by molar-refractivity contribution is -0.121. The molecular weight excluding hydrogens is 198 g/mol. The Morgan fingerprint density at radius 2 is 2.00 bits per heavy atom. The number of hydrogen-bond acceptors (Lipinski definition) is 2. The molecule has 2 atom stereocenters. The van der Waals surface area contributed by atoms with Gasteiger partial charge in [-0.25, -0.2) is 0 Å². The van der Waals surface area contributed by atoms with E-state index >= 15 is 0 Å². The SMILES string of the molecule is CC1CNC(c2ccc(Cl)cc2)C1=O. The van der Waals surface area contributed by atoms with Crippen molar-refractivity contribution in [2.45, 2.75) is 13.0 Å². The number of ketones is 1. The first kappa shape index (κ1) is 9.69. The monoisotopic (exact) mass is 209 g/mol. The third-order valence-electron chi connectivity index (χ3n) is 2.60. The normalized spacial score (nSPS) is 26.9. The summed E-state index contributed by atoms with van der Waals surface area (Å²) in [6.45, 7) is 2.72. The Balaban J connectivity index is 2.24. The second-order valence-corrected chi connectivity index (χ2v) is 4.13. The molecule has 2 nitrogen and oxygen atoms in total. The van der Waals surface area contributed by atoms with Crippen LogP contribution in [-0.4, -0.2) is 12.3 Å². The molecule has 1 heterocycles. The van der Waals surface area contributed by atoms with Gasteiger partial charge in [0.25, 0.3) is 0 Å². The molecule has 0 radical (unpaired) electrons. The van der Waals surface area contributed by atoms with Crippen molar-refractivity contribution in [3.8, 4) is 0 Å². The summed E-state index contributed by atoms with van der Waals surface area (Å²) in [5, 5.41) is 3.90. The van der Waals surface area contributed by atoms with E-state index in [1.165, 1.54) is 0 Å². The molecule has 0 aliphatic carbocycles. The number of carbonyl (C=O) groups is 1. The summed E-state index contributed by atoms with van der Waals surface area (Å²) >= 11 is 5.78. The summed E-state index contributed by atoms with van der Waals surface area (Å²) in [5.41, 5.74) is 1.00. The van der Waals surface area contributed by atoms with Crippen molar-refractivity contribution in [3.63, 3.8) is 0 Å². The molecule has 1 N–H and O–H groups in total. The summed E-state index contributed by atoms with van der Waals surface area (Å²) in [7, 11) is 0. The van der Waals surface area contributed by atoms with E-state index < -0.39 is 0 Å². The van der Waals surface area contributed by atoms with Crippen LogP contribution in [0.2, 0.25) is 5.02 Å². The predicted molar refractivity (Wildman–Crippen MR) is 56.4 cm³/mol. The molecule has 1 saturated heterocycles. The molecule has 0 saturated carbocycles. The van der Waals surface area contributed by atoms with E-state index in [4.69, 9.17) is 11.6 Å². The number of hydrogen-bond donors (Lipinski definition) is 1. The third kappa shape index (κ3) is 1.68. The molecule has 1 aromatic carbocycles. The van der Waals surface area contributed by atoms with Gasteiger partial charge < -0.3 is 5.32 Å². The first-order valence-electron chi connectivity index (χ1n) is 4.71. The van der Waals surface area contributed by atoms with Crippen LogP contribution in [0.1, 0.15) is 18.5 Å². The molecular formula is C11H12ClNO. The summed E-state index contributed by atoms with van der Waals surface area (Å²) in [5.74, 6) is 0.392. The van der Waals surface area contributed by atoms with Crippen LogP contribution in [0.5, 0.6) is 0 Å². The van der Waals surface area contributed by atoms with E-state index in [9.17, 15) is 4.79 Å². The van der Waals surface area contributed by atoms with E-state index in [-0.39, 0.29) is 17.7 Å². The summed E-state index contributed by atoms with van der Waals surface area (Å²) in [6, 6.07) is 7.29. The molecule has 1 aromatic rings. The fourth-order valence-electron chi connectivity index (χ4n) is 1.72. The quantitative estimate of drug-likeness (QED) is 0.768. The van der Waals surface area contributed by atoms with Gasteiger partial charge in [0.15, 0.2) is 5.78 Å². The number of nitrogens with one attached hydrogen (secondary N) is 1. The average molecular weight is 210 g/mol. The minimum Gasteiger partial charge on any atom is -0.303 e. The molecule has 1 aliphatic heterocycles. The van der Waals surface area contributed by atoms with Gasteiger partial charge in [0.1, 0.15) is 0 Å². The fourth-order valence-corrected chi connectivity index (χ4v) is 1.84. The van der Waals surface area contributed by atoms with Gasteiger partial charge in [-0.2, -0.15) is 0 Å². The Kier molecular flexibility index (Phi) is 2.57. The van der Waals surface area contributed by atoms with Crippen molar-refractivity contribution in [2.75, 3.05) is 6.54 Å². The lowest BCUT2D eigenvalue weighted by atomic mass is 10.00. The zero-order chi connectivity index (χ0) is 10.1. The van der Waals surface area contributed by atoms with Crippen LogP contribution >= 0.6 is 11.6 Å². The van der Waals surface area contributed by atoms with Crippen molar-refractivity contribution in [1.29, 1.82) is 0 Å². The van der Waals surface area contributed by atoms with Crippen LogP contribution in [0.15, 0.2) is 24.3 Å². The van der Waals surface area contributed by atoms with E-state index in [1.807, 2.05) is 31.2 Å². The fraction of sp³-hybridized carbons (Fsp3) is 0.364. The molecule has 0 aromatic heterocycles. The van der Waals surface area contributed by atoms with Gasteiger partial charge in [-0.3, -0.25) is 4.79 Å². The second-order valence-electron chi connectivity index (χ2n) is 3.70. The second kappa shape index (κ2) is 3.71. The highest BCUT2D eigenvalue weighted by Gasteiger charge is 2.31. The van der Waals surface area contributed by atoms with Crippen LogP contribution in [0.4, 0.5) is 0 Å². The van der Waals surface area contributed by atoms with Gasteiger partial charge in [-0.05, 0) is 17.7 Å². The van der Waals surface area contributed by atoms with Gasteiger partial charge in [-0.1, -0.05) is 30.7 Å². The van der Waals surface area contributed by atoms with E-state index in [1.54, 1.807) is 0 Å². The zero-order valence-corrected chi connectivity index (χ0v) is 8.71. The van der Waals surface area contributed by atoms with Crippen LogP contribution in [0.3, 0.4) is 0 Å². The van der Waals surface area contributed by atoms with Crippen LogP contribution in [0, 0.1) is 5.92 Å². The number of benzene rings is 1. The van der Waals surface area contributed by atoms with Gasteiger partial charge in [0, 0.05) is 17.5 Å². The van der Waals surface area contributed by atoms with Crippen LogP contribution < -0.4 is 5.32 Å². The zero-order valence-electron chi connectivity index (χ0n) is 7.96. The Bertz CT molecular complexity index is 347. The topological polar surface area (TPSA) is 29.1 Å². The highest BCUT2D eigenvalue weighted by molar-refractivity contribution is 6.30. The maximum atomic E-state index is 11.7. The van der Waals surface area contributed by atoms with E-state index in [0.29, 0.717) is 5.02 Å². The predicted octanol–water partition coefficient (Wildman–Crippen LogP) is 2.19. The molecule has 14 heavy (non-hydrogen) atoms. The van der Waals surface area contributed by atoms with Crippen LogP contribution in [-0.2, 0) is 4.79 Å².